The van der Waals surface area contributed by atoms with Crippen molar-refractivity contribution in [3.63, 3.8) is 0 Å². The first-order valence-corrected chi connectivity index (χ1v) is 2.27. The molecule has 0 fully saturated rings. The molecule has 0 atom stereocenters. The molecular formula is C6H8NNa. The molecule has 2 heteroatoms. The number of pyridine rings is 1. The Kier molecular flexibility index (Phi) is 4.15. The number of rotatable bonds is 0. The van der Waals surface area contributed by atoms with Crippen LogP contribution < -0.4 is 0 Å². The third-order valence-electron chi connectivity index (χ3n) is 0.813. The molecule has 0 amide bonds. The maximum atomic E-state index is 3.98. The van der Waals surface area contributed by atoms with Crippen LogP contribution in [0.4, 0.5) is 0 Å². The van der Waals surface area contributed by atoms with E-state index >= 15 is 0 Å². The first-order valence-electron chi connectivity index (χ1n) is 2.27. The van der Waals surface area contributed by atoms with Crippen LogP contribution in [0.2, 0.25) is 0 Å². The van der Waals surface area contributed by atoms with Gasteiger partial charge in [0.1, 0.15) is 0 Å². The molecule has 0 spiro atoms. The van der Waals surface area contributed by atoms with Gasteiger partial charge in [0, 0.05) is 11.9 Å². The van der Waals surface area contributed by atoms with Crippen molar-refractivity contribution in [2.45, 2.75) is 6.92 Å². The topological polar surface area (TPSA) is 12.9 Å². The first-order chi connectivity index (χ1) is 3.39. The summed E-state index contributed by atoms with van der Waals surface area (Å²) in [6, 6.07) is 5.86. The van der Waals surface area contributed by atoms with Gasteiger partial charge >= 0.3 is 29.6 Å². The summed E-state index contributed by atoms with van der Waals surface area (Å²) in [7, 11) is 0. The van der Waals surface area contributed by atoms with Crippen LogP contribution in [0, 0.1) is 6.92 Å². The summed E-state index contributed by atoms with van der Waals surface area (Å²) in [6.45, 7) is 1.97. The SMILES string of the molecule is Cc1ccccn1.[NaH]. The fourth-order valence-corrected chi connectivity index (χ4v) is 0.448. The third kappa shape index (κ3) is 2.46. The summed E-state index contributed by atoms with van der Waals surface area (Å²) < 4.78 is 0. The van der Waals surface area contributed by atoms with E-state index in [4.69, 9.17) is 0 Å². The normalized spacial score (nSPS) is 7.62. The minimum atomic E-state index is 0. The molecule has 0 bridgehead atoms. The molecule has 1 rings (SSSR count). The van der Waals surface area contributed by atoms with E-state index in [9.17, 15) is 0 Å². The van der Waals surface area contributed by atoms with E-state index in [1.54, 1.807) is 6.20 Å². The standard InChI is InChI=1S/C6H7N.Na.H/c1-6-4-2-3-5-7-6;;/h2-5H,1H3;;. The predicted molar refractivity (Wildman–Crippen MR) is 36.1 cm³/mol. The third-order valence-corrected chi connectivity index (χ3v) is 0.813. The van der Waals surface area contributed by atoms with Crippen LogP contribution in [0.1, 0.15) is 5.69 Å². The predicted octanol–water partition coefficient (Wildman–Crippen LogP) is 0.742. The van der Waals surface area contributed by atoms with Gasteiger partial charge in [-0.3, -0.25) is 4.98 Å². The molecule has 1 nitrogen and oxygen atoms in total. The van der Waals surface area contributed by atoms with Gasteiger partial charge in [-0.25, -0.2) is 0 Å². The van der Waals surface area contributed by atoms with E-state index in [0.29, 0.717) is 0 Å². The van der Waals surface area contributed by atoms with E-state index in [1.165, 1.54) is 0 Å². The van der Waals surface area contributed by atoms with Gasteiger partial charge in [-0.15, -0.1) is 0 Å². The second kappa shape index (κ2) is 4.07. The molecular weight excluding hydrogens is 109 g/mol. The van der Waals surface area contributed by atoms with Gasteiger partial charge in [0.05, 0.1) is 0 Å². The Bertz CT molecular complexity index is 138. The van der Waals surface area contributed by atoms with Crippen molar-refractivity contribution >= 4 is 29.6 Å². The molecule has 0 aliphatic heterocycles. The van der Waals surface area contributed by atoms with E-state index < -0.39 is 0 Å². The molecule has 0 N–H and O–H groups in total. The molecule has 0 aliphatic rings. The van der Waals surface area contributed by atoms with Gasteiger partial charge in [-0.1, -0.05) is 6.07 Å². The van der Waals surface area contributed by atoms with Crippen LogP contribution in [0.3, 0.4) is 0 Å². The number of aromatic nitrogens is 1. The van der Waals surface area contributed by atoms with Crippen LogP contribution in [0.15, 0.2) is 24.4 Å². The van der Waals surface area contributed by atoms with Crippen molar-refractivity contribution in [2.75, 3.05) is 0 Å². The summed E-state index contributed by atoms with van der Waals surface area (Å²) in [5, 5.41) is 0. The van der Waals surface area contributed by atoms with Crippen LogP contribution >= 0.6 is 0 Å². The van der Waals surface area contributed by atoms with Crippen molar-refractivity contribution in [1.82, 2.24) is 4.98 Å². The summed E-state index contributed by atoms with van der Waals surface area (Å²) in [5.74, 6) is 0. The Balaban J connectivity index is 0.000000490. The molecule has 0 radical (unpaired) electrons. The summed E-state index contributed by atoms with van der Waals surface area (Å²) >= 11 is 0. The van der Waals surface area contributed by atoms with Gasteiger partial charge < -0.3 is 0 Å². The molecule has 0 aromatic carbocycles. The Morgan fingerprint density at radius 2 is 2.12 bits per heavy atom. The fourth-order valence-electron chi connectivity index (χ4n) is 0.448. The molecule has 1 aromatic heterocycles. The Morgan fingerprint density at radius 3 is 2.38 bits per heavy atom. The second-order valence-corrected chi connectivity index (χ2v) is 1.47. The second-order valence-electron chi connectivity index (χ2n) is 1.47. The Morgan fingerprint density at radius 1 is 1.38 bits per heavy atom. The van der Waals surface area contributed by atoms with Crippen molar-refractivity contribution in [2.24, 2.45) is 0 Å². The summed E-state index contributed by atoms with van der Waals surface area (Å²) in [6.07, 6.45) is 1.79. The zero-order valence-corrected chi connectivity index (χ0v) is 4.26. The summed E-state index contributed by atoms with van der Waals surface area (Å²) in [4.78, 5) is 3.98. The maximum absolute atomic E-state index is 3.98. The number of hydrogen-bond acceptors (Lipinski definition) is 1. The van der Waals surface area contributed by atoms with Gasteiger partial charge in [-0.05, 0) is 19.1 Å². The molecule has 0 saturated carbocycles. The molecule has 38 valence electrons. The van der Waals surface area contributed by atoms with E-state index in [0.717, 1.165) is 5.69 Å². The van der Waals surface area contributed by atoms with Crippen LogP contribution in [-0.2, 0) is 0 Å². The molecule has 0 saturated heterocycles. The molecule has 0 unspecified atom stereocenters. The van der Waals surface area contributed by atoms with Gasteiger partial charge in [0.2, 0.25) is 0 Å². The Hall–Kier alpha value is 0.150. The van der Waals surface area contributed by atoms with Gasteiger partial charge in [0.15, 0.2) is 0 Å². The first kappa shape index (κ1) is 8.15. The fraction of sp³-hybridized carbons (Fsp3) is 0.167. The van der Waals surface area contributed by atoms with Crippen LogP contribution in [-0.4, -0.2) is 34.5 Å². The van der Waals surface area contributed by atoms with Gasteiger partial charge in [0.25, 0.3) is 0 Å². The monoisotopic (exact) mass is 117 g/mol. The molecule has 8 heavy (non-hydrogen) atoms. The van der Waals surface area contributed by atoms with Crippen molar-refractivity contribution in [3.8, 4) is 0 Å². The molecule has 0 aliphatic carbocycles. The molecule has 1 aromatic rings. The Labute approximate surface area is 71.4 Å². The van der Waals surface area contributed by atoms with E-state index in [2.05, 4.69) is 4.98 Å². The minimum absolute atomic E-state index is 0. The van der Waals surface area contributed by atoms with Crippen LogP contribution in [0.5, 0.6) is 0 Å². The van der Waals surface area contributed by atoms with E-state index in [1.807, 2.05) is 25.1 Å². The molecule has 1 heterocycles. The average molecular weight is 117 g/mol. The zero-order chi connectivity index (χ0) is 5.11. The van der Waals surface area contributed by atoms with Crippen LogP contribution in [0.25, 0.3) is 0 Å². The average Bonchev–Trinajstić information content (AvgIpc) is 1.69. The quantitative estimate of drug-likeness (QED) is 0.457. The zero-order valence-electron chi connectivity index (χ0n) is 4.26. The van der Waals surface area contributed by atoms with Crippen molar-refractivity contribution in [1.29, 1.82) is 0 Å². The van der Waals surface area contributed by atoms with E-state index in [-0.39, 0.29) is 29.6 Å². The van der Waals surface area contributed by atoms with Crippen molar-refractivity contribution in [3.05, 3.63) is 30.1 Å². The van der Waals surface area contributed by atoms with Gasteiger partial charge in [-0.2, -0.15) is 0 Å². The number of hydrogen-bond donors (Lipinski definition) is 0. The number of nitrogens with zero attached hydrogens (tertiary/aromatic N) is 1. The number of aryl methyl sites for hydroxylation is 1. The van der Waals surface area contributed by atoms with Crippen molar-refractivity contribution < 1.29 is 0 Å². The summed E-state index contributed by atoms with van der Waals surface area (Å²) in [5.41, 5.74) is 1.07.